The van der Waals surface area contributed by atoms with Crippen LogP contribution < -0.4 is 15.4 Å². The van der Waals surface area contributed by atoms with E-state index in [1.807, 2.05) is 4.72 Å². The van der Waals surface area contributed by atoms with E-state index in [1.54, 1.807) is 26.8 Å². The summed E-state index contributed by atoms with van der Waals surface area (Å²) in [5.74, 6) is -4.28. The Hall–Kier alpha value is -4.94. The number of rotatable bonds is 6. The Morgan fingerprint density at radius 2 is 1.63 bits per heavy atom. The number of alkyl carbamates (subject to hydrolysis) is 1. The summed E-state index contributed by atoms with van der Waals surface area (Å²) in [6.45, 7) is 4.74. The third kappa shape index (κ3) is 10.6. The number of carbonyl (C=O) groups is 5. The summed E-state index contributed by atoms with van der Waals surface area (Å²) in [5.41, 5.74) is -2.61. The molecular formula is C40H49F4N5O9S. The molecule has 2 aromatic rings. The monoisotopic (exact) mass is 851 g/mol. The fourth-order valence-electron chi connectivity index (χ4n) is 8.03. The number of halogens is 4. The number of alkyl halides is 3. The normalized spacial score (nSPS) is 25.3. The molecule has 3 heterocycles. The summed E-state index contributed by atoms with van der Waals surface area (Å²) in [5, 5.41) is 5.37. The van der Waals surface area contributed by atoms with Crippen molar-refractivity contribution in [3.63, 3.8) is 0 Å². The van der Waals surface area contributed by atoms with Gasteiger partial charge in [0, 0.05) is 18.5 Å². The SMILES string of the molecule is CC(C)(C)OC(=O)N[C@H]1CCCCCCC[C@H]2C[C@@]2(C(=O)NS(=O)(=O)Cc2ccc(C(F)(F)F)cc2)NC(=O)[C@@H]2C[C@@H](OC(=O)N3Cc4cccc(F)c4C3)CN2C1=O. The van der Waals surface area contributed by atoms with Gasteiger partial charge in [0.05, 0.1) is 24.4 Å². The van der Waals surface area contributed by atoms with Crippen molar-refractivity contribution < 1.29 is 59.4 Å². The van der Waals surface area contributed by atoms with E-state index in [-0.39, 0.29) is 44.5 Å². The molecule has 5 atom stereocenters. The van der Waals surface area contributed by atoms with Gasteiger partial charge in [-0.25, -0.2) is 22.4 Å². The molecule has 0 bridgehead atoms. The van der Waals surface area contributed by atoms with Crippen molar-refractivity contribution in [1.82, 2.24) is 25.2 Å². The first kappa shape index (κ1) is 43.6. The van der Waals surface area contributed by atoms with Gasteiger partial charge < -0.3 is 25.0 Å². The Balaban J connectivity index is 1.23. The highest BCUT2D eigenvalue weighted by Crippen LogP contribution is 2.48. The average Bonchev–Trinajstić information content (AvgIpc) is 3.42. The van der Waals surface area contributed by atoms with Crippen LogP contribution in [0.2, 0.25) is 0 Å². The second kappa shape index (κ2) is 17.0. The van der Waals surface area contributed by atoms with Crippen LogP contribution in [0.3, 0.4) is 0 Å². The van der Waals surface area contributed by atoms with Crippen LogP contribution >= 0.6 is 0 Å². The molecule has 322 valence electrons. The van der Waals surface area contributed by atoms with Crippen LogP contribution in [0.5, 0.6) is 0 Å². The van der Waals surface area contributed by atoms with Gasteiger partial charge in [0.1, 0.15) is 35.1 Å². The van der Waals surface area contributed by atoms with E-state index >= 15 is 0 Å². The minimum atomic E-state index is -4.63. The molecular weight excluding hydrogens is 803 g/mol. The first-order valence-electron chi connectivity index (χ1n) is 19.7. The van der Waals surface area contributed by atoms with E-state index in [0.717, 1.165) is 37.1 Å². The van der Waals surface area contributed by atoms with Gasteiger partial charge in [0.2, 0.25) is 21.8 Å². The van der Waals surface area contributed by atoms with Gasteiger partial charge in [-0.2, -0.15) is 13.2 Å². The fraction of sp³-hybridized carbons (Fsp3) is 0.575. The van der Waals surface area contributed by atoms with Crippen LogP contribution in [-0.4, -0.2) is 84.0 Å². The summed E-state index contributed by atoms with van der Waals surface area (Å²) in [7, 11) is -4.47. The summed E-state index contributed by atoms with van der Waals surface area (Å²) in [6.07, 6.45) is -3.44. The molecule has 5 amide bonds. The van der Waals surface area contributed by atoms with Crippen molar-refractivity contribution in [2.24, 2.45) is 5.92 Å². The maximum atomic E-state index is 14.5. The number of ether oxygens (including phenoxy) is 2. The fourth-order valence-corrected chi connectivity index (χ4v) is 9.19. The van der Waals surface area contributed by atoms with Crippen molar-refractivity contribution in [3.8, 4) is 0 Å². The highest BCUT2D eigenvalue weighted by atomic mass is 32.2. The van der Waals surface area contributed by atoms with Crippen LogP contribution in [0, 0.1) is 11.7 Å². The Kier molecular flexibility index (Phi) is 12.5. The van der Waals surface area contributed by atoms with E-state index < -0.39 is 98.5 Å². The first-order valence-corrected chi connectivity index (χ1v) is 21.3. The summed E-state index contributed by atoms with van der Waals surface area (Å²) in [4.78, 5) is 71.5. The number of nitrogens with one attached hydrogen (secondary N) is 3. The third-order valence-corrected chi connectivity index (χ3v) is 12.3. The minimum absolute atomic E-state index is 0.00700. The van der Waals surface area contributed by atoms with Gasteiger partial charge in [-0.1, -0.05) is 56.4 Å². The summed E-state index contributed by atoms with van der Waals surface area (Å²) >= 11 is 0. The molecule has 0 aromatic heterocycles. The lowest BCUT2D eigenvalue weighted by atomic mass is 10.0. The maximum Gasteiger partial charge on any atom is 0.416 e. The van der Waals surface area contributed by atoms with Gasteiger partial charge in [0.25, 0.3) is 5.91 Å². The zero-order chi connectivity index (χ0) is 42.9. The molecule has 0 spiro atoms. The lowest BCUT2D eigenvalue weighted by Gasteiger charge is -2.30. The zero-order valence-corrected chi connectivity index (χ0v) is 33.8. The molecule has 14 nitrogen and oxygen atoms in total. The van der Waals surface area contributed by atoms with Crippen molar-refractivity contribution in [2.75, 3.05) is 6.54 Å². The Morgan fingerprint density at radius 1 is 0.949 bits per heavy atom. The van der Waals surface area contributed by atoms with Crippen LogP contribution in [-0.2, 0) is 58.9 Å². The Bertz CT molecular complexity index is 2060. The van der Waals surface area contributed by atoms with Crippen LogP contribution in [0.1, 0.15) is 101 Å². The summed E-state index contributed by atoms with van der Waals surface area (Å²) in [6, 6.07) is 5.49. The zero-order valence-electron chi connectivity index (χ0n) is 33.0. The molecule has 2 aromatic carbocycles. The van der Waals surface area contributed by atoms with E-state index in [9.17, 15) is 50.0 Å². The van der Waals surface area contributed by atoms with Crippen molar-refractivity contribution in [2.45, 2.75) is 133 Å². The first-order chi connectivity index (χ1) is 27.6. The molecule has 2 saturated heterocycles. The molecule has 3 N–H and O–H groups in total. The second-order valence-electron chi connectivity index (χ2n) is 16.8. The predicted molar refractivity (Wildman–Crippen MR) is 203 cm³/mol. The Morgan fingerprint density at radius 3 is 2.29 bits per heavy atom. The highest BCUT2D eigenvalue weighted by molar-refractivity contribution is 7.89. The van der Waals surface area contributed by atoms with Gasteiger partial charge >= 0.3 is 18.4 Å². The van der Waals surface area contributed by atoms with E-state index in [0.29, 0.717) is 36.8 Å². The number of amides is 5. The highest BCUT2D eigenvalue weighted by Gasteiger charge is 2.62. The molecule has 19 heteroatoms. The third-order valence-electron chi connectivity index (χ3n) is 11.1. The van der Waals surface area contributed by atoms with Gasteiger partial charge in [-0.05, 0) is 75.3 Å². The standard InChI is InChI=1S/C40H49F4N5O9S/c1-38(2,3)58-36(53)45-31-13-8-6-4-5-7-11-27-19-39(27,35(52)47-59(55,56)23-24-14-16-26(17-15-24)40(42,43)44)46-33(50)32-18-28(21-49(32)34(31)51)57-37(54)48-20-25-10-9-12-30(41)29(25)22-48/h9-10,12,14-17,27-28,31-32H,4-8,11,13,18-23H2,1-3H3,(H,45,53)(H,46,50)(H,47,52)/t27-,28+,31-,32-,39+/m0/s1. The Labute approximate surface area is 339 Å². The smallest absolute Gasteiger partial charge is 0.416 e. The van der Waals surface area contributed by atoms with Crippen LogP contribution in [0.15, 0.2) is 42.5 Å². The second-order valence-corrected chi connectivity index (χ2v) is 18.5. The molecule has 6 rings (SSSR count). The number of hydrogen-bond acceptors (Lipinski definition) is 9. The molecule has 3 fully saturated rings. The van der Waals surface area contributed by atoms with Gasteiger partial charge in [-0.3, -0.25) is 24.0 Å². The van der Waals surface area contributed by atoms with E-state index in [4.69, 9.17) is 9.47 Å². The summed E-state index contributed by atoms with van der Waals surface area (Å²) < 4.78 is 93.4. The molecule has 0 unspecified atom stereocenters. The van der Waals surface area contributed by atoms with Crippen LogP contribution in [0.4, 0.5) is 27.2 Å². The van der Waals surface area contributed by atoms with Crippen molar-refractivity contribution in [1.29, 1.82) is 0 Å². The van der Waals surface area contributed by atoms with Gasteiger partial charge in [-0.15, -0.1) is 0 Å². The molecule has 3 aliphatic heterocycles. The number of nitrogens with zero attached hydrogens (tertiary/aromatic N) is 2. The topological polar surface area (TPSA) is 181 Å². The molecule has 1 aliphatic carbocycles. The molecule has 1 saturated carbocycles. The van der Waals surface area contributed by atoms with Crippen molar-refractivity contribution in [3.05, 3.63) is 70.5 Å². The molecule has 0 radical (unpaired) electrons. The number of fused-ring (bicyclic) bond motifs is 3. The number of sulfonamides is 1. The number of hydrogen-bond donors (Lipinski definition) is 3. The van der Waals surface area contributed by atoms with E-state index in [1.165, 1.54) is 21.9 Å². The minimum Gasteiger partial charge on any atom is -0.444 e. The largest absolute Gasteiger partial charge is 0.444 e. The lowest BCUT2D eigenvalue weighted by Crippen LogP contribution is -2.58. The number of carbonyl (C=O) groups excluding carboxylic acids is 5. The molecule has 4 aliphatic rings. The lowest BCUT2D eigenvalue weighted by molar-refractivity contribution is -0.141. The van der Waals surface area contributed by atoms with Gasteiger partial charge in [0.15, 0.2) is 0 Å². The maximum absolute atomic E-state index is 14.5. The predicted octanol–water partition coefficient (Wildman–Crippen LogP) is 5.42. The quantitative estimate of drug-likeness (QED) is 0.320. The van der Waals surface area contributed by atoms with Crippen molar-refractivity contribution >= 4 is 39.9 Å². The number of benzene rings is 2. The molecule has 59 heavy (non-hydrogen) atoms. The van der Waals surface area contributed by atoms with E-state index in [2.05, 4.69) is 10.6 Å². The van der Waals surface area contributed by atoms with Crippen LogP contribution in [0.25, 0.3) is 0 Å². The average molecular weight is 852 g/mol.